The Labute approximate surface area is 211 Å². The molecule has 0 radical (unpaired) electrons. The molecule has 0 spiro atoms. The van der Waals surface area contributed by atoms with Crippen molar-refractivity contribution in [2.24, 2.45) is 0 Å². The van der Waals surface area contributed by atoms with Crippen molar-refractivity contribution in [2.75, 3.05) is 11.9 Å². The number of amides is 1. The summed E-state index contributed by atoms with van der Waals surface area (Å²) in [5.74, 6) is -1.24. The molecule has 1 N–H and O–H groups in total. The third kappa shape index (κ3) is 4.62. The molecule has 4 heterocycles. The number of esters is 1. The monoisotopic (exact) mass is 534 g/mol. The van der Waals surface area contributed by atoms with Gasteiger partial charge in [-0.2, -0.15) is 18.3 Å². The predicted molar refractivity (Wildman–Crippen MR) is 131 cm³/mol. The second-order valence-corrected chi connectivity index (χ2v) is 10.4. The Balaban J connectivity index is 1.52. The summed E-state index contributed by atoms with van der Waals surface area (Å²) in [6.07, 6.45) is -0.649. The predicted octanol–water partition coefficient (Wildman–Crippen LogP) is 6.24. The highest BCUT2D eigenvalue weighted by Crippen LogP contribution is 2.39. The first-order valence-electron chi connectivity index (χ1n) is 11.4. The lowest BCUT2D eigenvalue weighted by molar-refractivity contribution is -0.142. The number of ether oxygens (including phenoxy) is 1. The highest BCUT2D eigenvalue weighted by atomic mass is 32.1. The zero-order valence-electron chi connectivity index (χ0n) is 19.1. The van der Waals surface area contributed by atoms with Gasteiger partial charge in [-0.15, -0.1) is 22.7 Å². The number of aryl methyl sites for hydroxylation is 1. The standard InChI is InChI=1S/C24H21F3N4O3S2/c1-2-9-34-23(33)20-13-6-3-4-7-16(13)36-22(20)29-21(32)15-12-19-28-14(17-8-5-10-35-17)11-18(24(25,26)27)31(19)30-15/h5,8,10-12H,2-4,6-7,9H2,1H3,(H,29,32). The summed E-state index contributed by atoms with van der Waals surface area (Å²) in [4.78, 5) is 31.8. The number of halogens is 3. The van der Waals surface area contributed by atoms with Crippen LogP contribution >= 0.6 is 22.7 Å². The number of alkyl halides is 3. The van der Waals surface area contributed by atoms with E-state index in [0.29, 0.717) is 32.8 Å². The van der Waals surface area contributed by atoms with Gasteiger partial charge < -0.3 is 10.1 Å². The van der Waals surface area contributed by atoms with Crippen molar-refractivity contribution in [2.45, 2.75) is 45.2 Å². The Bertz CT molecular complexity index is 1440. The maximum Gasteiger partial charge on any atom is 0.433 e. The Morgan fingerprint density at radius 3 is 2.75 bits per heavy atom. The number of nitrogens with one attached hydrogen (secondary N) is 1. The van der Waals surface area contributed by atoms with Crippen LogP contribution in [-0.2, 0) is 23.8 Å². The smallest absolute Gasteiger partial charge is 0.433 e. The van der Waals surface area contributed by atoms with Crippen molar-refractivity contribution >= 4 is 45.2 Å². The van der Waals surface area contributed by atoms with E-state index in [1.165, 1.54) is 28.7 Å². The minimum atomic E-state index is -4.71. The molecule has 0 saturated heterocycles. The second kappa shape index (κ2) is 9.66. The molecule has 1 aliphatic rings. The molecule has 7 nitrogen and oxygen atoms in total. The van der Waals surface area contributed by atoms with Crippen LogP contribution in [0.2, 0.25) is 0 Å². The number of nitrogens with zero attached hydrogens (tertiary/aromatic N) is 3. The van der Waals surface area contributed by atoms with E-state index in [9.17, 15) is 22.8 Å². The van der Waals surface area contributed by atoms with Crippen molar-refractivity contribution in [1.29, 1.82) is 0 Å². The van der Waals surface area contributed by atoms with Gasteiger partial charge in [0.05, 0.1) is 22.7 Å². The molecule has 4 aromatic heterocycles. The first-order valence-corrected chi connectivity index (χ1v) is 13.1. The lowest BCUT2D eigenvalue weighted by Gasteiger charge is -2.12. The molecular weight excluding hydrogens is 513 g/mol. The van der Waals surface area contributed by atoms with Crippen LogP contribution < -0.4 is 5.32 Å². The SMILES string of the molecule is CCCOC(=O)c1c(NC(=O)c2cc3nc(-c4cccs4)cc(C(F)(F)F)n3n2)sc2c1CCCC2. The van der Waals surface area contributed by atoms with E-state index in [0.717, 1.165) is 35.8 Å². The van der Waals surface area contributed by atoms with Gasteiger partial charge in [0.2, 0.25) is 0 Å². The maximum atomic E-state index is 13.8. The molecule has 1 amide bonds. The molecule has 0 unspecified atom stereocenters. The van der Waals surface area contributed by atoms with Crippen molar-refractivity contribution in [3.8, 4) is 10.6 Å². The number of thiophene rings is 2. The second-order valence-electron chi connectivity index (χ2n) is 8.31. The Kier molecular flexibility index (Phi) is 6.56. The third-order valence-electron chi connectivity index (χ3n) is 5.76. The van der Waals surface area contributed by atoms with E-state index in [1.54, 1.807) is 17.5 Å². The van der Waals surface area contributed by atoms with E-state index in [1.807, 2.05) is 6.92 Å². The topological polar surface area (TPSA) is 85.6 Å². The normalized spacial score (nSPS) is 13.6. The zero-order chi connectivity index (χ0) is 25.4. The fourth-order valence-corrected chi connectivity index (χ4v) is 6.10. The largest absolute Gasteiger partial charge is 0.462 e. The molecule has 0 aromatic carbocycles. The van der Waals surface area contributed by atoms with Gasteiger partial charge in [-0.25, -0.2) is 14.3 Å². The van der Waals surface area contributed by atoms with Crippen LogP contribution in [0.25, 0.3) is 16.2 Å². The van der Waals surface area contributed by atoms with Gasteiger partial charge in [0.25, 0.3) is 5.91 Å². The van der Waals surface area contributed by atoms with Crippen LogP contribution in [-0.4, -0.2) is 33.1 Å². The summed E-state index contributed by atoms with van der Waals surface area (Å²) < 4.78 is 47.5. The van der Waals surface area contributed by atoms with Crippen LogP contribution in [0.5, 0.6) is 0 Å². The number of fused-ring (bicyclic) bond motifs is 2. The summed E-state index contributed by atoms with van der Waals surface area (Å²) in [6, 6.07) is 5.52. The third-order valence-corrected chi connectivity index (χ3v) is 7.86. The van der Waals surface area contributed by atoms with Crippen LogP contribution in [0, 0.1) is 0 Å². The summed E-state index contributed by atoms with van der Waals surface area (Å²) >= 11 is 2.56. The minimum Gasteiger partial charge on any atom is -0.462 e. The lowest BCUT2D eigenvalue weighted by Crippen LogP contribution is -2.17. The van der Waals surface area contributed by atoms with Gasteiger partial charge in [-0.1, -0.05) is 13.0 Å². The van der Waals surface area contributed by atoms with Crippen molar-refractivity contribution in [3.63, 3.8) is 0 Å². The number of carbonyl (C=O) groups excluding carboxylic acids is 2. The van der Waals surface area contributed by atoms with E-state index < -0.39 is 23.7 Å². The Morgan fingerprint density at radius 2 is 2.03 bits per heavy atom. The first kappa shape index (κ1) is 24.4. The first-order chi connectivity index (χ1) is 17.3. The van der Waals surface area contributed by atoms with E-state index >= 15 is 0 Å². The van der Waals surface area contributed by atoms with Crippen LogP contribution in [0.4, 0.5) is 18.2 Å². The number of aromatic nitrogens is 3. The van der Waals surface area contributed by atoms with Gasteiger partial charge in [-0.3, -0.25) is 4.79 Å². The fourth-order valence-electron chi connectivity index (χ4n) is 4.14. The molecule has 0 fully saturated rings. The maximum absolute atomic E-state index is 13.8. The number of hydrogen-bond donors (Lipinski definition) is 1. The number of carbonyl (C=O) groups is 2. The van der Waals surface area contributed by atoms with Crippen LogP contribution in [0.1, 0.15) is 63.2 Å². The molecule has 0 bridgehead atoms. The summed E-state index contributed by atoms with van der Waals surface area (Å²) in [5.41, 5.74) is -0.0374. The van der Waals surface area contributed by atoms with Crippen LogP contribution in [0.15, 0.2) is 29.6 Å². The van der Waals surface area contributed by atoms with Crippen LogP contribution in [0.3, 0.4) is 0 Å². The number of hydrogen-bond acceptors (Lipinski definition) is 7. The number of rotatable bonds is 6. The van der Waals surface area contributed by atoms with Crippen molar-refractivity contribution in [1.82, 2.24) is 14.6 Å². The molecule has 5 rings (SSSR count). The van der Waals surface area contributed by atoms with Gasteiger partial charge in [0.15, 0.2) is 17.0 Å². The van der Waals surface area contributed by atoms with Gasteiger partial charge in [0, 0.05) is 10.9 Å². The summed E-state index contributed by atoms with van der Waals surface area (Å²) in [6.45, 7) is 2.14. The molecule has 1 aliphatic carbocycles. The fraction of sp³-hybridized carbons (Fsp3) is 0.333. The minimum absolute atomic E-state index is 0.105. The molecule has 4 aromatic rings. The van der Waals surface area contributed by atoms with Gasteiger partial charge in [0.1, 0.15) is 5.00 Å². The van der Waals surface area contributed by atoms with Crippen molar-refractivity contribution in [3.05, 3.63) is 57.0 Å². The lowest BCUT2D eigenvalue weighted by atomic mass is 9.95. The van der Waals surface area contributed by atoms with Gasteiger partial charge in [-0.05, 0) is 55.2 Å². The summed E-state index contributed by atoms with van der Waals surface area (Å²) in [7, 11) is 0. The van der Waals surface area contributed by atoms with E-state index in [4.69, 9.17) is 4.74 Å². The van der Waals surface area contributed by atoms with E-state index in [2.05, 4.69) is 15.4 Å². The molecule has 0 atom stereocenters. The zero-order valence-corrected chi connectivity index (χ0v) is 20.8. The van der Waals surface area contributed by atoms with Gasteiger partial charge >= 0.3 is 12.1 Å². The highest BCUT2D eigenvalue weighted by Gasteiger charge is 2.36. The Morgan fingerprint density at radius 1 is 1.22 bits per heavy atom. The quantitative estimate of drug-likeness (QED) is 0.296. The Hall–Kier alpha value is -3.25. The van der Waals surface area contributed by atoms with Crippen molar-refractivity contribution < 1.29 is 27.5 Å². The van der Waals surface area contributed by atoms with E-state index in [-0.39, 0.29) is 23.6 Å². The molecular formula is C24H21F3N4O3S2. The molecule has 188 valence electrons. The highest BCUT2D eigenvalue weighted by molar-refractivity contribution is 7.17. The molecule has 36 heavy (non-hydrogen) atoms. The number of anilines is 1. The molecule has 0 aliphatic heterocycles. The average Bonchev–Trinajstić information content (AvgIpc) is 3.59. The molecule has 0 saturated carbocycles. The summed E-state index contributed by atoms with van der Waals surface area (Å²) in [5, 5.41) is 8.69. The average molecular weight is 535 g/mol. The molecule has 12 heteroatoms.